The van der Waals surface area contributed by atoms with E-state index in [1.165, 1.54) is 18.2 Å². The maximum absolute atomic E-state index is 12.8. The average molecular weight is 274 g/mol. The molecule has 2 aromatic rings. The van der Waals surface area contributed by atoms with Gasteiger partial charge in [0.25, 0.3) is 0 Å². The molecule has 0 bridgehead atoms. The molecule has 0 unspecified atom stereocenters. The molecule has 0 heterocycles. The van der Waals surface area contributed by atoms with Crippen molar-refractivity contribution >= 4 is 17.3 Å². The van der Waals surface area contributed by atoms with E-state index in [1.54, 1.807) is 24.3 Å². The van der Waals surface area contributed by atoms with E-state index in [0.717, 1.165) is 11.3 Å². The molecule has 0 saturated heterocycles. The summed E-state index contributed by atoms with van der Waals surface area (Å²) in [5, 5.41) is 8.93. The van der Waals surface area contributed by atoms with Gasteiger partial charge in [0.1, 0.15) is 5.82 Å². The van der Waals surface area contributed by atoms with Gasteiger partial charge in [0.2, 0.25) is 0 Å². The maximum Gasteiger partial charge on any atom is 0.337 e. The van der Waals surface area contributed by atoms with E-state index >= 15 is 0 Å². The number of anilines is 2. The first-order valence-corrected chi connectivity index (χ1v) is 6.06. The standard InChI is InChI=1S/C15H15FN2O2/c1-18(9-10-2-4-11(16)5-3-10)12-6-7-13(15(19)20)14(17)8-12/h2-8H,9,17H2,1H3,(H,19,20). The Morgan fingerprint density at radius 3 is 2.45 bits per heavy atom. The Kier molecular flexibility index (Phi) is 3.89. The van der Waals surface area contributed by atoms with E-state index < -0.39 is 5.97 Å². The highest BCUT2D eigenvalue weighted by molar-refractivity contribution is 5.94. The van der Waals surface area contributed by atoms with Gasteiger partial charge in [-0.1, -0.05) is 12.1 Å². The van der Waals surface area contributed by atoms with Crippen LogP contribution in [0.1, 0.15) is 15.9 Å². The van der Waals surface area contributed by atoms with Crippen LogP contribution in [0.25, 0.3) is 0 Å². The van der Waals surface area contributed by atoms with Crippen LogP contribution >= 0.6 is 0 Å². The van der Waals surface area contributed by atoms with Crippen molar-refractivity contribution in [3.8, 4) is 0 Å². The fourth-order valence-electron chi connectivity index (χ4n) is 1.94. The topological polar surface area (TPSA) is 66.6 Å². The summed E-state index contributed by atoms with van der Waals surface area (Å²) in [5.41, 5.74) is 7.78. The van der Waals surface area contributed by atoms with Gasteiger partial charge in [-0.15, -0.1) is 0 Å². The molecule has 20 heavy (non-hydrogen) atoms. The molecule has 0 aromatic heterocycles. The second-order valence-electron chi connectivity index (χ2n) is 4.56. The Balaban J connectivity index is 2.17. The Bertz CT molecular complexity index is 626. The van der Waals surface area contributed by atoms with Crippen molar-refractivity contribution in [2.24, 2.45) is 0 Å². The first-order valence-electron chi connectivity index (χ1n) is 6.06. The number of rotatable bonds is 4. The van der Waals surface area contributed by atoms with Crippen molar-refractivity contribution in [3.05, 3.63) is 59.4 Å². The molecular formula is C15H15FN2O2. The molecule has 0 radical (unpaired) electrons. The van der Waals surface area contributed by atoms with Crippen LogP contribution in [0.2, 0.25) is 0 Å². The number of aromatic carboxylic acids is 1. The largest absolute Gasteiger partial charge is 0.478 e. The molecule has 0 spiro atoms. The number of carboxylic acids is 1. The van der Waals surface area contributed by atoms with Crippen molar-refractivity contribution < 1.29 is 14.3 Å². The van der Waals surface area contributed by atoms with Crippen LogP contribution in [-0.2, 0) is 6.54 Å². The molecule has 3 N–H and O–H groups in total. The van der Waals surface area contributed by atoms with Crippen molar-refractivity contribution in [2.75, 3.05) is 17.7 Å². The van der Waals surface area contributed by atoms with Crippen molar-refractivity contribution in [1.82, 2.24) is 0 Å². The third-order valence-electron chi connectivity index (χ3n) is 3.04. The van der Waals surface area contributed by atoms with Gasteiger partial charge >= 0.3 is 5.97 Å². The predicted octanol–water partition coefficient (Wildman–Crippen LogP) is 2.74. The van der Waals surface area contributed by atoms with Crippen LogP contribution in [0.3, 0.4) is 0 Å². The second-order valence-corrected chi connectivity index (χ2v) is 4.56. The summed E-state index contributed by atoms with van der Waals surface area (Å²) in [7, 11) is 1.86. The highest BCUT2D eigenvalue weighted by Crippen LogP contribution is 2.22. The summed E-state index contributed by atoms with van der Waals surface area (Å²) in [5.74, 6) is -1.32. The van der Waals surface area contributed by atoms with Crippen LogP contribution in [0.4, 0.5) is 15.8 Å². The quantitative estimate of drug-likeness (QED) is 0.841. The van der Waals surface area contributed by atoms with E-state index in [4.69, 9.17) is 10.8 Å². The van der Waals surface area contributed by atoms with E-state index in [0.29, 0.717) is 6.54 Å². The molecule has 0 aliphatic rings. The number of halogens is 1. The van der Waals surface area contributed by atoms with Crippen LogP contribution in [-0.4, -0.2) is 18.1 Å². The van der Waals surface area contributed by atoms with Gasteiger partial charge in [-0.3, -0.25) is 0 Å². The Morgan fingerprint density at radius 2 is 1.90 bits per heavy atom. The van der Waals surface area contributed by atoms with E-state index in [1.807, 2.05) is 11.9 Å². The molecule has 0 atom stereocenters. The smallest absolute Gasteiger partial charge is 0.337 e. The number of benzene rings is 2. The van der Waals surface area contributed by atoms with Gasteiger partial charge in [0.05, 0.1) is 5.56 Å². The Hall–Kier alpha value is -2.56. The van der Waals surface area contributed by atoms with Gasteiger partial charge in [0, 0.05) is 25.0 Å². The minimum Gasteiger partial charge on any atom is -0.478 e. The van der Waals surface area contributed by atoms with Gasteiger partial charge in [-0.05, 0) is 35.9 Å². The maximum atomic E-state index is 12.8. The SMILES string of the molecule is CN(Cc1ccc(F)cc1)c1ccc(C(=O)O)c(N)c1. The molecule has 0 fully saturated rings. The van der Waals surface area contributed by atoms with Crippen molar-refractivity contribution in [3.63, 3.8) is 0 Å². The number of nitrogens with zero attached hydrogens (tertiary/aromatic N) is 1. The van der Waals surface area contributed by atoms with Crippen molar-refractivity contribution in [2.45, 2.75) is 6.54 Å². The molecule has 2 aromatic carbocycles. The molecule has 0 aliphatic heterocycles. The number of nitrogens with two attached hydrogens (primary N) is 1. The molecule has 5 heteroatoms. The van der Waals surface area contributed by atoms with E-state index in [9.17, 15) is 9.18 Å². The van der Waals surface area contributed by atoms with Gasteiger partial charge < -0.3 is 15.7 Å². The molecule has 2 rings (SSSR count). The predicted molar refractivity (Wildman–Crippen MR) is 76.3 cm³/mol. The van der Waals surface area contributed by atoms with Crippen LogP contribution in [0.15, 0.2) is 42.5 Å². The highest BCUT2D eigenvalue weighted by Gasteiger charge is 2.10. The summed E-state index contributed by atoms with van der Waals surface area (Å²) >= 11 is 0. The molecule has 0 amide bonds. The van der Waals surface area contributed by atoms with Gasteiger partial charge in [-0.2, -0.15) is 0 Å². The molecule has 4 nitrogen and oxygen atoms in total. The number of carboxylic acid groups (broad SMARTS) is 1. The second kappa shape index (κ2) is 5.61. The van der Waals surface area contributed by atoms with Crippen LogP contribution in [0.5, 0.6) is 0 Å². The normalized spacial score (nSPS) is 10.3. The summed E-state index contributed by atoms with van der Waals surface area (Å²) in [6.45, 7) is 0.576. The van der Waals surface area contributed by atoms with Gasteiger partial charge in [-0.25, -0.2) is 9.18 Å². The lowest BCUT2D eigenvalue weighted by atomic mass is 10.1. The number of hydrogen-bond donors (Lipinski definition) is 2. The summed E-state index contributed by atoms with van der Waals surface area (Å²) in [4.78, 5) is 12.8. The minimum absolute atomic E-state index is 0.0870. The summed E-state index contributed by atoms with van der Waals surface area (Å²) < 4.78 is 12.8. The average Bonchev–Trinajstić information content (AvgIpc) is 2.40. The minimum atomic E-state index is -1.05. The lowest BCUT2D eigenvalue weighted by Gasteiger charge is -2.20. The molecule has 104 valence electrons. The monoisotopic (exact) mass is 274 g/mol. The third-order valence-corrected chi connectivity index (χ3v) is 3.04. The number of carbonyl (C=O) groups is 1. The number of nitrogen functional groups attached to an aromatic ring is 1. The first-order chi connectivity index (χ1) is 9.47. The van der Waals surface area contributed by atoms with E-state index in [-0.39, 0.29) is 17.1 Å². The Labute approximate surface area is 116 Å². The zero-order chi connectivity index (χ0) is 14.7. The number of hydrogen-bond acceptors (Lipinski definition) is 3. The zero-order valence-corrected chi connectivity index (χ0v) is 11.0. The zero-order valence-electron chi connectivity index (χ0n) is 11.0. The molecular weight excluding hydrogens is 259 g/mol. The molecule has 0 aliphatic carbocycles. The highest BCUT2D eigenvalue weighted by atomic mass is 19.1. The van der Waals surface area contributed by atoms with E-state index in [2.05, 4.69) is 0 Å². The van der Waals surface area contributed by atoms with Gasteiger partial charge in [0.15, 0.2) is 0 Å². The summed E-state index contributed by atoms with van der Waals surface area (Å²) in [6, 6.07) is 11.0. The summed E-state index contributed by atoms with van der Waals surface area (Å²) in [6.07, 6.45) is 0. The van der Waals surface area contributed by atoms with Crippen molar-refractivity contribution in [1.29, 1.82) is 0 Å². The van der Waals surface area contributed by atoms with Crippen LogP contribution in [0, 0.1) is 5.82 Å². The Morgan fingerprint density at radius 1 is 1.25 bits per heavy atom. The fraction of sp³-hybridized carbons (Fsp3) is 0.133. The lowest BCUT2D eigenvalue weighted by Crippen LogP contribution is -2.17. The first kappa shape index (κ1) is 13.9. The molecule has 0 saturated carbocycles. The third kappa shape index (κ3) is 3.06. The van der Waals surface area contributed by atoms with Crippen LogP contribution < -0.4 is 10.6 Å². The lowest BCUT2D eigenvalue weighted by molar-refractivity contribution is 0.0698. The fourth-order valence-corrected chi connectivity index (χ4v) is 1.94.